The lowest BCUT2D eigenvalue weighted by molar-refractivity contribution is 0.884. The number of thiophene rings is 1. The average molecular weight is 309 g/mol. The number of aromatic nitrogens is 5. The summed E-state index contributed by atoms with van der Waals surface area (Å²) in [5, 5.41) is 5.44. The highest BCUT2D eigenvalue weighted by molar-refractivity contribution is 7.19. The largest absolute Gasteiger partial charge is 0.349 e. The monoisotopic (exact) mass is 309 g/mol. The molecule has 22 heavy (non-hydrogen) atoms. The number of nitrogens with one attached hydrogen (secondary N) is 1. The van der Waals surface area contributed by atoms with Crippen molar-refractivity contribution in [2.75, 3.05) is 0 Å². The van der Waals surface area contributed by atoms with Gasteiger partial charge >= 0.3 is 5.69 Å². The summed E-state index contributed by atoms with van der Waals surface area (Å²) in [7, 11) is 0. The van der Waals surface area contributed by atoms with Crippen LogP contribution in [0.3, 0.4) is 0 Å². The highest BCUT2D eigenvalue weighted by atomic mass is 32.1. The second kappa shape index (κ2) is 4.23. The van der Waals surface area contributed by atoms with Gasteiger partial charge in [-0.05, 0) is 37.0 Å². The fourth-order valence-electron chi connectivity index (χ4n) is 3.12. The predicted molar refractivity (Wildman–Crippen MR) is 84.2 cm³/mol. The van der Waals surface area contributed by atoms with E-state index in [9.17, 15) is 4.79 Å². The summed E-state index contributed by atoms with van der Waals surface area (Å²) in [5.41, 5.74) is 2.60. The van der Waals surface area contributed by atoms with Crippen LogP contribution in [0, 0.1) is 0 Å². The smallest absolute Gasteiger partial charge is 0.297 e. The molecule has 6 nitrogen and oxygen atoms in total. The first-order valence-corrected chi connectivity index (χ1v) is 7.96. The third-order valence-corrected chi connectivity index (χ3v) is 5.31. The third-order valence-electron chi connectivity index (χ3n) is 4.10. The normalized spacial score (nSPS) is 14.0. The first kappa shape index (κ1) is 12.0. The van der Waals surface area contributed by atoms with Gasteiger partial charge in [0.15, 0.2) is 11.5 Å². The minimum Gasteiger partial charge on any atom is -0.297 e. The fourth-order valence-corrected chi connectivity index (χ4v) is 4.39. The van der Waals surface area contributed by atoms with Crippen LogP contribution in [0.2, 0.25) is 0 Å². The first-order chi connectivity index (χ1) is 10.8. The van der Waals surface area contributed by atoms with Gasteiger partial charge in [0.25, 0.3) is 0 Å². The van der Waals surface area contributed by atoms with Crippen molar-refractivity contribution in [3.8, 4) is 11.4 Å². The maximum absolute atomic E-state index is 12.3. The quantitative estimate of drug-likeness (QED) is 0.585. The molecule has 4 aromatic heterocycles. The van der Waals surface area contributed by atoms with Gasteiger partial charge < -0.3 is 0 Å². The van der Waals surface area contributed by atoms with Gasteiger partial charge in [0.1, 0.15) is 4.83 Å². The molecule has 7 heteroatoms. The van der Waals surface area contributed by atoms with Crippen LogP contribution in [0.5, 0.6) is 0 Å². The minimum absolute atomic E-state index is 0.241. The predicted octanol–water partition coefficient (Wildman–Crippen LogP) is 2.18. The Kier molecular flexibility index (Phi) is 2.32. The number of rotatable bonds is 1. The van der Waals surface area contributed by atoms with Crippen molar-refractivity contribution in [2.45, 2.75) is 19.3 Å². The molecule has 0 amide bonds. The van der Waals surface area contributed by atoms with Gasteiger partial charge in [-0.25, -0.2) is 9.78 Å². The van der Waals surface area contributed by atoms with Crippen LogP contribution < -0.4 is 5.69 Å². The van der Waals surface area contributed by atoms with Gasteiger partial charge in [-0.3, -0.25) is 9.97 Å². The second-order valence-corrected chi connectivity index (χ2v) is 6.50. The zero-order valence-corrected chi connectivity index (χ0v) is 12.4. The van der Waals surface area contributed by atoms with Gasteiger partial charge in [-0.2, -0.15) is 4.52 Å². The molecule has 4 heterocycles. The lowest BCUT2D eigenvalue weighted by Crippen LogP contribution is -2.17. The van der Waals surface area contributed by atoms with Gasteiger partial charge in [0, 0.05) is 22.8 Å². The minimum atomic E-state index is -0.241. The van der Waals surface area contributed by atoms with Crippen LogP contribution >= 0.6 is 11.3 Å². The molecule has 0 radical (unpaired) electrons. The molecule has 5 rings (SSSR count). The fraction of sp³-hybridized carbons (Fsp3) is 0.200. The maximum Gasteiger partial charge on any atom is 0.349 e. The molecule has 108 valence electrons. The van der Waals surface area contributed by atoms with Crippen LogP contribution in [-0.2, 0) is 12.8 Å². The lowest BCUT2D eigenvalue weighted by Gasteiger charge is -1.95. The van der Waals surface area contributed by atoms with Crippen LogP contribution in [0.15, 0.2) is 29.3 Å². The standard InChI is InChI=1S/C15H11N5OS/c21-15-18-14-11(9-2-1-3-10(9)22-14)13-17-12(19-20(13)15)8-4-6-16-7-5-8/h4-7H,1-3H2,(H,18,21). The number of hydrogen-bond donors (Lipinski definition) is 1. The highest BCUT2D eigenvalue weighted by Gasteiger charge is 2.22. The maximum atomic E-state index is 12.3. The summed E-state index contributed by atoms with van der Waals surface area (Å²) in [6, 6.07) is 3.69. The zero-order valence-electron chi connectivity index (χ0n) is 11.5. The molecule has 0 fully saturated rings. The van der Waals surface area contributed by atoms with Gasteiger partial charge in [0.05, 0.1) is 5.39 Å². The molecule has 0 unspecified atom stereocenters. The van der Waals surface area contributed by atoms with Crippen LogP contribution in [-0.4, -0.2) is 24.6 Å². The van der Waals surface area contributed by atoms with Crippen molar-refractivity contribution >= 4 is 27.2 Å². The van der Waals surface area contributed by atoms with E-state index < -0.39 is 0 Å². The summed E-state index contributed by atoms with van der Waals surface area (Å²) < 4.78 is 1.38. The van der Waals surface area contributed by atoms with Gasteiger partial charge in [-0.15, -0.1) is 16.4 Å². The molecule has 1 N–H and O–H groups in total. The van der Waals surface area contributed by atoms with E-state index in [-0.39, 0.29) is 5.69 Å². The van der Waals surface area contributed by atoms with Crippen LogP contribution in [0.4, 0.5) is 0 Å². The van der Waals surface area contributed by atoms with Crippen molar-refractivity contribution < 1.29 is 0 Å². The SMILES string of the molecule is O=c1[nH]c2sc3c(c2c2nc(-c4ccncc4)nn12)CCC3. The Morgan fingerprint density at radius 1 is 1.23 bits per heavy atom. The van der Waals surface area contributed by atoms with E-state index in [2.05, 4.69) is 20.1 Å². The van der Waals surface area contributed by atoms with E-state index in [1.54, 1.807) is 23.7 Å². The number of H-pyrrole nitrogens is 1. The Morgan fingerprint density at radius 3 is 2.95 bits per heavy atom. The van der Waals surface area contributed by atoms with E-state index in [0.717, 1.165) is 28.6 Å². The number of fused-ring (bicyclic) bond motifs is 5. The van der Waals surface area contributed by atoms with E-state index in [1.165, 1.54) is 21.4 Å². The summed E-state index contributed by atoms with van der Waals surface area (Å²) in [5.74, 6) is 0.554. The zero-order chi connectivity index (χ0) is 14.7. The Bertz CT molecular complexity index is 1080. The molecule has 0 atom stereocenters. The molecule has 0 aromatic carbocycles. The third kappa shape index (κ3) is 1.54. The number of aromatic amines is 1. The summed E-state index contributed by atoms with van der Waals surface area (Å²) in [4.78, 5) is 26.1. The average Bonchev–Trinajstić information content (AvgIpc) is 3.21. The molecule has 1 aliphatic rings. The summed E-state index contributed by atoms with van der Waals surface area (Å²) >= 11 is 1.67. The molecular weight excluding hydrogens is 298 g/mol. The molecule has 0 bridgehead atoms. The molecule has 4 aromatic rings. The molecule has 0 saturated heterocycles. The van der Waals surface area contributed by atoms with E-state index in [4.69, 9.17) is 0 Å². The second-order valence-electron chi connectivity index (χ2n) is 5.40. The molecule has 0 aliphatic heterocycles. The summed E-state index contributed by atoms with van der Waals surface area (Å²) in [6.45, 7) is 0. The number of hydrogen-bond acceptors (Lipinski definition) is 5. The topological polar surface area (TPSA) is 75.9 Å². The van der Waals surface area contributed by atoms with Crippen LogP contribution in [0.1, 0.15) is 16.9 Å². The Morgan fingerprint density at radius 2 is 2.09 bits per heavy atom. The molecule has 0 saturated carbocycles. The van der Waals surface area contributed by atoms with Crippen molar-refractivity contribution in [3.05, 3.63) is 45.5 Å². The highest BCUT2D eigenvalue weighted by Crippen LogP contribution is 2.37. The Balaban J connectivity index is 1.90. The van der Waals surface area contributed by atoms with Crippen molar-refractivity contribution in [2.24, 2.45) is 0 Å². The van der Waals surface area contributed by atoms with Crippen molar-refractivity contribution in [1.29, 1.82) is 0 Å². The van der Waals surface area contributed by atoms with E-state index in [0.29, 0.717) is 11.5 Å². The molecule has 1 aliphatic carbocycles. The Hall–Kier alpha value is -2.54. The van der Waals surface area contributed by atoms with E-state index >= 15 is 0 Å². The first-order valence-electron chi connectivity index (χ1n) is 7.15. The summed E-state index contributed by atoms with van der Waals surface area (Å²) in [6.07, 6.45) is 6.71. The number of nitrogens with zero attached hydrogens (tertiary/aromatic N) is 4. The van der Waals surface area contributed by atoms with Crippen LogP contribution in [0.25, 0.3) is 27.3 Å². The molecule has 0 spiro atoms. The Labute approximate surface area is 128 Å². The van der Waals surface area contributed by atoms with Gasteiger partial charge in [-0.1, -0.05) is 0 Å². The van der Waals surface area contributed by atoms with E-state index in [1.807, 2.05) is 12.1 Å². The van der Waals surface area contributed by atoms with Gasteiger partial charge in [0.2, 0.25) is 0 Å². The molecular formula is C15H11N5OS. The van der Waals surface area contributed by atoms with Crippen molar-refractivity contribution in [1.82, 2.24) is 24.6 Å². The number of pyridine rings is 1. The number of aryl methyl sites for hydroxylation is 2. The lowest BCUT2D eigenvalue weighted by atomic mass is 10.2. The van der Waals surface area contributed by atoms with Crippen molar-refractivity contribution in [3.63, 3.8) is 0 Å².